The van der Waals surface area contributed by atoms with Gasteiger partial charge in [-0.2, -0.15) is 11.3 Å². The standard InChI is InChI=1S/C24H21ClN2O11S3/c1-23(2)12(26-15(31)10(28)17(26)40-23)20(34)37-22(36-19(33)9(14(25)30)8-5-6-39-7-8)38-21(35)13-24(3,4)41-18-11(29)16(32)27(13)18/h5-7,9,12-13,17-18,22H,1-4H3/t9?,12-,13-,17+,18+/m0/s1. The van der Waals surface area contributed by atoms with Gasteiger partial charge in [-0.15, -0.1) is 23.5 Å². The number of nitrogens with zero attached hydrogens (tertiary/aromatic N) is 2. The average molecular weight is 645 g/mol. The van der Waals surface area contributed by atoms with E-state index in [2.05, 4.69) is 0 Å². The number of ketones is 2. The molecule has 5 rings (SSSR count). The Balaban J connectivity index is 1.40. The molecule has 0 saturated carbocycles. The van der Waals surface area contributed by atoms with E-state index in [0.717, 1.165) is 33.3 Å². The van der Waals surface area contributed by atoms with Gasteiger partial charge in [0.05, 0.1) is 0 Å². The summed E-state index contributed by atoms with van der Waals surface area (Å²) in [4.78, 5) is 102. The molecular formula is C24H21ClN2O11S3. The molecule has 5 atom stereocenters. The van der Waals surface area contributed by atoms with Crippen molar-refractivity contribution < 1.29 is 52.6 Å². The fourth-order valence-corrected chi connectivity index (χ4v) is 8.85. The van der Waals surface area contributed by atoms with Gasteiger partial charge >= 0.3 is 24.4 Å². The molecule has 4 aliphatic rings. The molecule has 41 heavy (non-hydrogen) atoms. The number of fused-ring (bicyclic) bond motifs is 2. The van der Waals surface area contributed by atoms with Crippen molar-refractivity contribution in [1.29, 1.82) is 0 Å². The number of carbonyl (C=O) groups excluding carboxylic acids is 8. The van der Waals surface area contributed by atoms with Crippen LogP contribution in [-0.4, -0.2) is 95.1 Å². The predicted molar refractivity (Wildman–Crippen MR) is 142 cm³/mol. The van der Waals surface area contributed by atoms with Gasteiger partial charge in [0.2, 0.25) is 5.24 Å². The summed E-state index contributed by atoms with van der Waals surface area (Å²) in [5.74, 6) is -8.45. The van der Waals surface area contributed by atoms with Gasteiger partial charge in [-0.25, -0.2) is 9.59 Å². The molecule has 17 heteroatoms. The fraction of sp³-hybridized carbons (Fsp3) is 0.500. The van der Waals surface area contributed by atoms with Crippen molar-refractivity contribution in [2.24, 2.45) is 0 Å². The van der Waals surface area contributed by atoms with Gasteiger partial charge in [-0.1, -0.05) is 0 Å². The van der Waals surface area contributed by atoms with E-state index in [1.165, 1.54) is 22.8 Å². The van der Waals surface area contributed by atoms with Crippen LogP contribution < -0.4 is 0 Å². The van der Waals surface area contributed by atoms with Gasteiger partial charge in [0.15, 0.2) is 5.92 Å². The molecule has 4 fully saturated rings. The van der Waals surface area contributed by atoms with Crippen molar-refractivity contribution in [3.63, 3.8) is 0 Å². The van der Waals surface area contributed by atoms with Crippen molar-refractivity contribution in [3.8, 4) is 0 Å². The zero-order valence-electron chi connectivity index (χ0n) is 21.7. The molecule has 0 N–H and O–H groups in total. The highest BCUT2D eigenvalue weighted by Crippen LogP contribution is 2.51. The van der Waals surface area contributed by atoms with Crippen LogP contribution in [0.1, 0.15) is 39.2 Å². The monoisotopic (exact) mass is 644 g/mol. The fourth-order valence-electron chi connectivity index (χ4n) is 5.05. The highest BCUT2D eigenvalue weighted by atomic mass is 35.5. The van der Waals surface area contributed by atoms with E-state index >= 15 is 0 Å². The van der Waals surface area contributed by atoms with Crippen LogP contribution in [0.2, 0.25) is 0 Å². The molecule has 0 spiro atoms. The Kier molecular flexibility index (Phi) is 7.28. The quantitative estimate of drug-likeness (QED) is 0.0972. The second-order valence-corrected chi connectivity index (χ2v) is 15.1. The van der Waals surface area contributed by atoms with Gasteiger partial charge in [0.25, 0.3) is 23.4 Å². The molecule has 5 heterocycles. The first-order valence-corrected chi connectivity index (χ1v) is 15.1. The van der Waals surface area contributed by atoms with E-state index in [4.69, 9.17) is 25.8 Å². The van der Waals surface area contributed by atoms with E-state index in [9.17, 15) is 38.4 Å². The molecule has 0 aromatic carbocycles. The molecule has 2 amide bonds. The summed E-state index contributed by atoms with van der Waals surface area (Å²) in [6, 6.07) is -1.19. The maximum Gasteiger partial charge on any atom is 0.412 e. The third-order valence-corrected chi connectivity index (χ3v) is 10.9. The highest BCUT2D eigenvalue weighted by Gasteiger charge is 2.66. The summed E-state index contributed by atoms with van der Waals surface area (Å²) >= 11 is 8.92. The zero-order chi connectivity index (χ0) is 30.2. The number of carbonyl (C=O) groups is 8. The Morgan fingerprint density at radius 2 is 1.29 bits per heavy atom. The Morgan fingerprint density at radius 3 is 1.68 bits per heavy atom. The first-order chi connectivity index (χ1) is 19.1. The van der Waals surface area contributed by atoms with Crippen molar-refractivity contribution in [2.45, 2.75) is 72.4 Å². The largest absolute Gasteiger partial charge is 0.412 e. The Hall–Kier alpha value is -2.95. The number of hydrogen-bond donors (Lipinski definition) is 0. The number of thiophene rings is 1. The third-order valence-electron chi connectivity index (χ3n) is 6.97. The SMILES string of the molecule is CC1(C)S[C@@H]2C(=O)C(=O)N2[C@H]1C(=O)OC(OC(=O)C(C(=O)Cl)c1ccsc1)OC(=O)[C@@H]1N2C(=O)C(=O)[C@H]2SC1(C)C. The molecule has 218 valence electrons. The van der Waals surface area contributed by atoms with Crippen LogP contribution in [0.4, 0.5) is 0 Å². The molecule has 1 aromatic rings. The lowest BCUT2D eigenvalue weighted by molar-refractivity contribution is -0.262. The maximum atomic E-state index is 13.4. The lowest BCUT2D eigenvalue weighted by Gasteiger charge is -2.37. The molecule has 4 aliphatic heterocycles. The second-order valence-electron chi connectivity index (χ2n) is 10.5. The Bertz CT molecular complexity index is 1340. The second kappa shape index (κ2) is 10.1. The van der Waals surface area contributed by atoms with Crippen LogP contribution in [0.3, 0.4) is 0 Å². The summed E-state index contributed by atoms with van der Waals surface area (Å²) in [7, 11) is 0. The van der Waals surface area contributed by atoms with Crippen LogP contribution in [-0.2, 0) is 52.6 Å². The van der Waals surface area contributed by atoms with Crippen LogP contribution in [0.5, 0.6) is 0 Å². The smallest absolute Gasteiger partial charge is 0.390 e. The molecule has 4 saturated heterocycles. The maximum absolute atomic E-state index is 13.4. The van der Waals surface area contributed by atoms with E-state index in [0.29, 0.717) is 0 Å². The van der Waals surface area contributed by atoms with Crippen LogP contribution in [0.15, 0.2) is 16.8 Å². The van der Waals surface area contributed by atoms with E-state index in [-0.39, 0.29) is 5.56 Å². The predicted octanol–water partition coefficient (Wildman–Crippen LogP) is 0.773. The number of amides is 2. The molecule has 1 aromatic heterocycles. The molecular weight excluding hydrogens is 624 g/mol. The van der Waals surface area contributed by atoms with Gasteiger partial charge in [0, 0.05) is 9.49 Å². The van der Waals surface area contributed by atoms with Gasteiger partial charge in [-0.05, 0) is 61.7 Å². The summed E-state index contributed by atoms with van der Waals surface area (Å²) in [6.45, 7) is 4.01. The number of thioether (sulfide) groups is 2. The lowest BCUT2D eigenvalue weighted by Crippen LogP contribution is -2.64. The minimum absolute atomic E-state index is 0.179. The molecule has 13 nitrogen and oxygen atoms in total. The molecule has 0 radical (unpaired) electrons. The number of rotatable bonds is 8. The van der Waals surface area contributed by atoms with Crippen molar-refractivity contribution in [1.82, 2.24) is 9.80 Å². The average Bonchev–Trinajstić information content (AvgIpc) is 3.55. The zero-order valence-corrected chi connectivity index (χ0v) is 24.9. The number of esters is 3. The van der Waals surface area contributed by atoms with Crippen molar-refractivity contribution >= 4 is 93.0 Å². The molecule has 0 bridgehead atoms. The van der Waals surface area contributed by atoms with Gasteiger partial charge < -0.3 is 24.0 Å². The summed E-state index contributed by atoms with van der Waals surface area (Å²) in [5.41, 5.74) is 0.179. The Morgan fingerprint density at radius 1 is 0.829 bits per heavy atom. The number of β-lactam (4-membered cyclic amide) rings is 2. The summed E-state index contributed by atoms with van der Waals surface area (Å²) in [5, 5.41) is 0.120. The minimum Gasteiger partial charge on any atom is -0.390 e. The van der Waals surface area contributed by atoms with E-state index in [1.54, 1.807) is 33.1 Å². The molecule has 0 aliphatic carbocycles. The number of ether oxygens (including phenoxy) is 3. The minimum atomic E-state index is -2.38. The van der Waals surface area contributed by atoms with Gasteiger partial charge in [-0.3, -0.25) is 28.8 Å². The van der Waals surface area contributed by atoms with E-state index < -0.39 is 91.3 Å². The Labute approximate surface area is 249 Å². The summed E-state index contributed by atoms with van der Waals surface area (Å²) in [6.07, 6.45) is 0. The number of hydrogen-bond acceptors (Lipinski definition) is 14. The first kappa shape index (κ1) is 29.5. The highest BCUT2D eigenvalue weighted by molar-refractivity contribution is 8.02. The summed E-state index contributed by atoms with van der Waals surface area (Å²) < 4.78 is 13.7. The number of halogens is 1. The number of Topliss-reactive ketones (excluding diaryl/α,β-unsaturated/α-hetero) is 2. The lowest BCUT2D eigenvalue weighted by atomic mass is 9.98. The van der Waals surface area contributed by atoms with Crippen LogP contribution in [0, 0.1) is 0 Å². The van der Waals surface area contributed by atoms with E-state index in [1.807, 2.05) is 0 Å². The normalized spacial score (nSPS) is 28.0. The molecule has 1 unspecified atom stereocenters. The topological polar surface area (TPSA) is 171 Å². The third kappa shape index (κ3) is 4.73. The van der Waals surface area contributed by atoms with Crippen molar-refractivity contribution in [3.05, 3.63) is 22.4 Å². The van der Waals surface area contributed by atoms with Crippen LogP contribution in [0.25, 0.3) is 0 Å². The van der Waals surface area contributed by atoms with Crippen molar-refractivity contribution in [2.75, 3.05) is 0 Å². The first-order valence-electron chi connectivity index (χ1n) is 12.0. The van der Waals surface area contributed by atoms with Gasteiger partial charge in [0.1, 0.15) is 22.8 Å². The van der Waals surface area contributed by atoms with Crippen LogP contribution >= 0.6 is 46.5 Å².